The zero-order chi connectivity index (χ0) is 15.0. The molecule has 1 N–H and O–H groups in total. The van der Waals surface area contributed by atoms with Gasteiger partial charge in [0.25, 0.3) is 0 Å². The number of ether oxygens (including phenoxy) is 1. The van der Waals surface area contributed by atoms with Gasteiger partial charge < -0.3 is 9.84 Å². The zero-order valence-electron chi connectivity index (χ0n) is 13.2. The SMILES string of the molecule is COc1ccc(C(C)C)cc1/C=C/CCC[C@H](C)CO. The molecule has 0 spiro atoms. The fourth-order valence-corrected chi connectivity index (χ4v) is 2.13. The van der Waals surface area contributed by atoms with Crippen LogP contribution in [0.3, 0.4) is 0 Å². The van der Waals surface area contributed by atoms with Crippen molar-refractivity contribution in [1.29, 1.82) is 0 Å². The molecular formula is C18H28O2. The topological polar surface area (TPSA) is 29.5 Å². The third-order valence-corrected chi connectivity index (χ3v) is 3.60. The average molecular weight is 276 g/mol. The highest BCUT2D eigenvalue weighted by molar-refractivity contribution is 5.58. The van der Waals surface area contributed by atoms with Crippen molar-refractivity contribution in [2.24, 2.45) is 5.92 Å². The highest BCUT2D eigenvalue weighted by atomic mass is 16.5. The quantitative estimate of drug-likeness (QED) is 0.701. The van der Waals surface area contributed by atoms with Gasteiger partial charge in [0.1, 0.15) is 5.75 Å². The highest BCUT2D eigenvalue weighted by Crippen LogP contribution is 2.25. The number of hydrogen-bond donors (Lipinski definition) is 1. The van der Waals surface area contributed by atoms with Crippen molar-refractivity contribution < 1.29 is 9.84 Å². The van der Waals surface area contributed by atoms with E-state index in [1.54, 1.807) is 7.11 Å². The molecule has 0 aromatic heterocycles. The van der Waals surface area contributed by atoms with Gasteiger partial charge in [-0.25, -0.2) is 0 Å². The number of rotatable bonds is 8. The molecule has 0 saturated heterocycles. The third kappa shape index (κ3) is 5.38. The summed E-state index contributed by atoms with van der Waals surface area (Å²) in [5.41, 5.74) is 2.48. The van der Waals surface area contributed by atoms with Gasteiger partial charge in [0, 0.05) is 12.2 Å². The molecule has 0 heterocycles. The fraction of sp³-hybridized carbons (Fsp3) is 0.556. The number of benzene rings is 1. The van der Waals surface area contributed by atoms with Gasteiger partial charge in [0.05, 0.1) is 7.11 Å². The lowest BCUT2D eigenvalue weighted by Gasteiger charge is -2.10. The summed E-state index contributed by atoms with van der Waals surface area (Å²) in [5, 5.41) is 8.99. The predicted octanol–water partition coefficient (Wildman–Crippen LogP) is 4.63. The number of allylic oxidation sites excluding steroid dienone is 1. The van der Waals surface area contributed by atoms with Gasteiger partial charge in [-0.15, -0.1) is 0 Å². The van der Waals surface area contributed by atoms with Crippen LogP contribution in [-0.2, 0) is 0 Å². The summed E-state index contributed by atoms with van der Waals surface area (Å²) in [5.74, 6) is 1.86. The molecule has 1 aromatic rings. The lowest BCUT2D eigenvalue weighted by Crippen LogP contribution is -1.99. The smallest absolute Gasteiger partial charge is 0.126 e. The van der Waals surface area contributed by atoms with Gasteiger partial charge in [-0.2, -0.15) is 0 Å². The van der Waals surface area contributed by atoms with E-state index in [2.05, 4.69) is 45.1 Å². The van der Waals surface area contributed by atoms with Crippen molar-refractivity contribution >= 4 is 6.08 Å². The molecular weight excluding hydrogens is 248 g/mol. The van der Waals surface area contributed by atoms with Crippen LogP contribution in [0.4, 0.5) is 0 Å². The van der Waals surface area contributed by atoms with Crippen LogP contribution < -0.4 is 4.74 Å². The Hall–Kier alpha value is -1.28. The largest absolute Gasteiger partial charge is 0.496 e. The van der Waals surface area contributed by atoms with Crippen molar-refractivity contribution in [1.82, 2.24) is 0 Å². The van der Waals surface area contributed by atoms with Gasteiger partial charge in [0.15, 0.2) is 0 Å². The molecule has 1 rings (SSSR count). The molecule has 0 fully saturated rings. The third-order valence-electron chi connectivity index (χ3n) is 3.60. The lowest BCUT2D eigenvalue weighted by molar-refractivity contribution is 0.228. The van der Waals surface area contributed by atoms with Gasteiger partial charge in [0.2, 0.25) is 0 Å². The molecule has 112 valence electrons. The monoisotopic (exact) mass is 276 g/mol. The van der Waals surface area contributed by atoms with E-state index in [-0.39, 0.29) is 6.61 Å². The maximum absolute atomic E-state index is 8.99. The Labute approximate surface area is 123 Å². The first kappa shape index (κ1) is 16.8. The van der Waals surface area contributed by atoms with E-state index < -0.39 is 0 Å². The molecule has 0 amide bonds. The number of aliphatic hydroxyl groups excluding tert-OH is 1. The maximum atomic E-state index is 8.99. The van der Waals surface area contributed by atoms with Crippen molar-refractivity contribution in [3.05, 3.63) is 35.4 Å². The number of aliphatic hydroxyl groups is 1. The van der Waals surface area contributed by atoms with Crippen LogP contribution in [0, 0.1) is 5.92 Å². The van der Waals surface area contributed by atoms with E-state index >= 15 is 0 Å². The summed E-state index contributed by atoms with van der Waals surface area (Å²) in [6, 6.07) is 6.38. The summed E-state index contributed by atoms with van der Waals surface area (Å²) < 4.78 is 5.41. The Kier molecular flexibility index (Phi) is 7.38. The lowest BCUT2D eigenvalue weighted by atomic mass is 9.99. The molecule has 0 saturated carbocycles. The van der Waals surface area contributed by atoms with Crippen LogP contribution in [0.1, 0.15) is 57.1 Å². The molecule has 0 aliphatic rings. The Morgan fingerprint density at radius 1 is 1.25 bits per heavy atom. The van der Waals surface area contributed by atoms with Gasteiger partial charge in [-0.1, -0.05) is 39.0 Å². The van der Waals surface area contributed by atoms with Gasteiger partial charge >= 0.3 is 0 Å². The van der Waals surface area contributed by atoms with E-state index in [0.717, 1.165) is 30.6 Å². The Balaban J connectivity index is 2.62. The highest BCUT2D eigenvalue weighted by Gasteiger charge is 2.04. The molecule has 20 heavy (non-hydrogen) atoms. The standard InChI is InChI=1S/C18H28O2/c1-14(2)16-10-11-18(20-4)17(12-16)9-7-5-6-8-15(3)13-19/h7,9-12,14-15,19H,5-6,8,13H2,1-4H3/b9-7+/t15-/m0/s1. The normalized spacial score (nSPS) is 13.1. The molecule has 0 radical (unpaired) electrons. The minimum Gasteiger partial charge on any atom is -0.496 e. The van der Waals surface area contributed by atoms with Gasteiger partial charge in [-0.3, -0.25) is 0 Å². The van der Waals surface area contributed by atoms with Crippen molar-refractivity contribution in [2.75, 3.05) is 13.7 Å². The van der Waals surface area contributed by atoms with Crippen molar-refractivity contribution in [3.8, 4) is 5.75 Å². The minimum atomic E-state index is 0.286. The fourth-order valence-electron chi connectivity index (χ4n) is 2.13. The summed E-state index contributed by atoms with van der Waals surface area (Å²) in [4.78, 5) is 0. The number of hydrogen-bond acceptors (Lipinski definition) is 2. The first-order chi connectivity index (χ1) is 9.58. The van der Waals surface area contributed by atoms with Crippen LogP contribution in [0.2, 0.25) is 0 Å². The maximum Gasteiger partial charge on any atom is 0.126 e. The minimum absolute atomic E-state index is 0.286. The molecule has 2 nitrogen and oxygen atoms in total. The zero-order valence-corrected chi connectivity index (χ0v) is 13.2. The molecule has 0 aliphatic carbocycles. The number of unbranched alkanes of at least 4 members (excludes halogenated alkanes) is 1. The second kappa shape index (κ2) is 8.80. The average Bonchev–Trinajstić information content (AvgIpc) is 2.46. The van der Waals surface area contributed by atoms with Crippen LogP contribution in [0.15, 0.2) is 24.3 Å². The van der Waals surface area contributed by atoms with Crippen molar-refractivity contribution in [3.63, 3.8) is 0 Å². The van der Waals surface area contributed by atoms with Crippen LogP contribution in [0.5, 0.6) is 5.75 Å². The first-order valence-electron chi connectivity index (χ1n) is 7.53. The van der Waals surface area contributed by atoms with E-state index in [0.29, 0.717) is 11.8 Å². The summed E-state index contributed by atoms with van der Waals surface area (Å²) >= 11 is 0. The van der Waals surface area contributed by atoms with E-state index in [1.165, 1.54) is 5.56 Å². The van der Waals surface area contributed by atoms with Gasteiger partial charge in [-0.05, 0) is 48.8 Å². The second-order valence-corrected chi connectivity index (χ2v) is 5.78. The molecule has 2 heteroatoms. The molecule has 1 atom stereocenters. The van der Waals surface area contributed by atoms with E-state index in [1.807, 2.05) is 6.07 Å². The first-order valence-corrected chi connectivity index (χ1v) is 7.53. The van der Waals surface area contributed by atoms with Crippen LogP contribution in [-0.4, -0.2) is 18.8 Å². The molecule has 0 aliphatic heterocycles. The summed E-state index contributed by atoms with van der Waals surface area (Å²) in [7, 11) is 1.71. The summed E-state index contributed by atoms with van der Waals surface area (Å²) in [6.45, 7) is 6.77. The molecule has 1 aromatic carbocycles. The Morgan fingerprint density at radius 3 is 2.60 bits per heavy atom. The number of methoxy groups -OCH3 is 1. The van der Waals surface area contributed by atoms with E-state index in [9.17, 15) is 0 Å². The van der Waals surface area contributed by atoms with E-state index in [4.69, 9.17) is 9.84 Å². The Morgan fingerprint density at radius 2 is 2.00 bits per heavy atom. The summed E-state index contributed by atoms with van der Waals surface area (Å²) in [6.07, 6.45) is 7.58. The second-order valence-electron chi connectivity index (χ2n) is 5.78. The van der Waals surface area contributed by atoms with Crippen molar-refractivity contribution in [2.45, 2.75) is 46.0 Å². The van der Waals surface area contributed by atoms with Crippen LogP contribution >= 0.6 is 0 Å². The predicted molar refractivity (Wildman–Crippen MR) is 86.2 cm³/mol. The molecule has 0 bridgehead atoms. The molecule has 0 unspecified atom stereocenters. The van der Waals surface area contributed by atoms with Crippen LogP contribution in [0.25, 0.3) is 6.08 Å². The Bertz CT molecular complexity index is 421.